The van der Waals surface area contributed by atoms with E-state index in [1.165, 1.54) is 0 Å². The Bertz CT molecular complexity index is 600. The first-order valence-corrected chi connectivity index (χ1v) is 8.38. The summed E-state index contributed by atoms with van der Waals surface area (Å²) in [5, 5.41) is 0. The molecule has 0 aliphatic carbocycles. The number of benzene rings is 1. The van der Waals surface area contributed by atoms with Gasteiger partial charge in [-0.3, -0.25) is 0 Å². The van der Waals surface area contributed by atoms with Gasteiger partial charge in [0.05, 0.1) is 0 Å². The van der Waals surface area contributed by atoms with Crippen molar-refractivity contribution in [2.45, 2.75) is 23.1 Å². The van der Waals surface area contributed by atoms with Crippen LogP contribution in [0.5, 0.6) is 0 Å². The molecule has 1 aromatic carbocycles. The summed E-state index contributed by atoms with van der Waals surface area (Å²) in [5.74, 6) is -3.94. The number of alkyl halides is 1. The number of hydrogen-bond donors (Lipinski definition) is 0. The minimum atomic E-state index is -4.30. The topological polar surface area (TPSA) is 37.4 Å². The number of sulfonamides is 1. The summed E-state index contributed by atoms with van der Waals surface area (Å²) in [7, 11) is -4.30. The van der Waals surface area contributed by atoms with Gasteiger partial charge in [0.15, 0.2) is 4.90 Å². The third-order valence-electron chi connectivity index (χ3n) is 3.32. The third-order valence-corrected chi connectivity index (χ3v) is 6.60. The van der Waals surface area contributed by atoms with Crippen LogP contribution in [0.15, 0.2) is 17.0 Å². The highest BCUT2D eigenvalue weighted by atomic mass is 79.9. The lowest BCUT2D eigenvalue weighted by molar-refractivity contribution is 0.289. The van der Waals surface area contributed by atoms with E-state index in [9.17, 15) is 21.6 Å². The van der Waals surface area contributed by atoms with Crippen molar-refractivity contribution in [2.24, 2.45) is 5.92 Å². The number of halogens is 4. The molecule has 20 heavy (non-hydrogen) atoms. The molecule has 0 spiro atoms. The fourth-order valence-electron chi connectivity index (χ4n) is 2.20. The van der Waals surface area contributed by atoms with Crippen LogP contribution < -0.4 is 0 Å². The summed E-state index contributed by atoms with van der Waals surface area (Å²) >= 11 is 3.42. The molecule has 1 fully saturated rings. The van der Waals surface area contributed by atoms with Gasteiger partial charge < -0.3 is 0 Å². The molecule has 0 bridgehead atoms. The first-order chi connectivity index (χ1) is 9.23. The minimum absolute atomic E-state index is 0.0186. The van der Waals surface area contributed by atoms with Crippen LogP contribution >= 0.6 is 15.9 Å². The Hall–Kier alpha value is -0.600. The molecule has 1 aliphatic heterocycles. The van der Waals surface area contributed by atoms with Crippen LogP contribution in [0, 0.1) is 23.4 Å². The summed E-state index contributed by atoms with van der Waals surface area (Å²) in [6.07, 6.45) is 0.546. The second kappa shape index (κ2) is 5.65. The van der Waals surface area contributed by atoms with E-state index in [4.69, 9.17) is 0 Å². The Morgan fingerprint density at radius 3 is 2.30 bits per heavy atom. The molecule has 1 saturated heterocycles. The van der Waals surface area contributed by atoms with Gasteiger partial charge in [-0.25, -0.2) is 21.6 Å². The highest BCUT2D eigenvalue weighted by Crippen LogP contribution is 2.30. The Kier molecular flexibility index (Phi) is 4.46. The van der Waals surface area contributed by atoms with Gasteiger partial charge in [-0.15, -0.1) is 0 Å². The molecule has 0 saturated carbocycles. The highest BCUT2D eigenvalue weighted by molar-refractivity contribution is 9.09. The Balaban J connectivity index is 2.41. The number of hydrogen-bond acceptors (Lipinski definition) is 2. The third kappa shape index (κ3) is 2.87. The number of nitrogens with zero attached hydrogens (tertiary/aromatic N) is 1. The van der Waals surface area contributed by atoms with Gasteiger partial charge in [0, 0.05) is 30.0 Å². The first-order valence-electron chi connectivity index (χ1n) is 6.02. The predicted molar refractivity (Wildman–Crippen MR) is 71.6 cm³/mol. The molecule has 2 unspecified atom stereocenters. The number of piperidine rings is 1. The van der Waals surface area contributed by atoms with Crippen molar-refractivity contribution in [1.29, 1.82) is 0 Å². The van der Waals surface area contributed by atoms with Crippen LogP contribution in [0.3, 0.4) is 0 Å². The molecule has 112 valence electrons. The van der Waals surface area contributed by atoms with Gasteiger partial charge in [0.25, 0.3) is 0 Å². The van der Waals surface area contributed by atoms with Crippen LogP contribution in [0.4, 0.5) is 13.2 Å². The van der Waals surface area contributed by atoms with E-state index in [1.54, 1.807) is 0 Å². The molecule has 2 rings (SSSR count). The van der Waals surface area contributed by atoms with Crippen LogP contribution in [0.1, 0.15) is 13.3 Å². The molecule has 1 aromatic rings. The largest absolute Gasteiger partial charge is 0.248 e. The van der Waals surface area contributed by atoms with Crippen molar-refractivity contribution in [2.75, 3.05) is 13.1 Å². The number of rotatable bonds is 2. The van der Waals surface area contributed by atoms with Crippen LogP contribution in [0.25, 0.3) is 0 Å². The fraction of sp³-hybridized carbons (Fsp3) is 0.500. The SMILES string of the molecule is CC1CN(S(=O)(=O)c2c(F)cc(F)cc2F)CCC1Br. The summed E-state index contributed by atoms with van der Waals surface area (Å²) in [6.45, 7) is 2.17. The van der Waals surface area contributed by atoms with E-state index in [2.05, 4.69) is 15.9 Å². The maximum absolute atomic E-state index is 13.6. The maximum atomic E-state index is 13.6. The summed E-state index contributed by atoms with van der Waals surface area (Å²) in [4.78, 5) is -0.920. The molecular weight excluding hydrogens is 359 g/mol. The average Bonchev–Trinajstić information content (AvgIpc) is 2.30. The van der Waals surface area contributed by atoms with Crippen molar-refractivity contribution >= 4 is 26.0 Å². The molecule has 1 aliphatic rings. The molecule has 0 radical (unpaired) electrons. The van der Waals surface area contributed by atoms with E-state index >= 15 is 0 Å². The van der Waals surface area contributed by atoms with E-state index in [0.29, 0.717) is 18.6 Å². The summed E-state index contributed by atoms with van der Waals surface area (Å²) in [6, 6.07) is 0.743. The standard InChI is InChI=1S/C12H13BrF3NO2S/c1-7-6-17(3-2-9(7)13)20(18,19)12-10(15)4-8(14)5-11(12)16/h4-5,7,9H,2-3,6H2,1H3. The predicted octanol–water partition coefficient (Wildman–Crippen LogP) is 2.90. The van der Waals surface area contributed by atoms with Crippen molar-refractivity contribution < 1.29 is 21.6 Å². The van der Waals surface area contributed by atoms with Gasteiger partial charge in [-0.1, -0.05) is 22.9 Å². The Morgan fingerprint density at radius 2 is 1.80 bits per heavy atom. The van der Waals surface area contributed by atoms with Crippen molar-refractivity contribution in [3.8, 4) is 0 Å². The second-order valence-electron chi connectivity index (χ2n) is 4.84. The zero-order valence-electron chi connectivity index (χ0n) is 10.6. The molecule has 1 heterocycles. The van der Waals surface area contributed by atoms with Gasteiger partial charge in [0.2, 0.25) is 10.0 Å². The lowest BCUT2D eigenvalue weighted by atomic mass is 10.0. The van der Waals surface area contributed by atoms with Gasteiger partial charge in [-0.2, -0.15) is 4.31 Å². The zero-order chi connectivity index (χ0) is 15.1. The van der Waals surface area contributed by atoms with Gasteiger partial charge in [0.1, 0.15) is 17.5 Å². The summed E-state index contributed by atoms with van der Waals surface area (Å²) in [5.41, 5.74) is 0. The summed E-state index contributed by atoms with van der Waals surface area (Å²) < 4.78 is 65.8. The van der Waals surface area contributed by atoms with E-state index in [1.807, 2.05) is 6.92 Å². The van der Waals surface area contributed by atoms with E-state index < -0.39 is 32.4 Å². The molecule has 8 heteroatoms. The van der Waals surface area contributed by atoms with Crippen molar-refractivity contribution in [1.82, 2.24) is 4.31 Å². The monoisotopic (exact) mass is 371 g/mol. The second-order valence-corrected chi connectivity index (χ2v) is 7.89. The minimum Gasteiger partial charge on any atom is -0.207 e. The van der Waals surface area contributed by atoms with E-state index in [0.717, 1.165) is 4.31 Å². The fourth-order valence-corrected chi connectivity index (χ4v) is 4.22. The lowest BCUT2D eigenvalue weighted by Gasteiger charge is -2.33. The lowest BCUT2D eigenvalue weighted by Crippen LogP contribution is -2.43. The molecule has 0 N–H and O–H groups in total. The first kappa shape index (κ1) is 15.8. The van der Waals surface area contributed by atoms with Crippen LogP contribution in [-0.2, 0) is 10.0 Å². The van der Waals surface area contributed by atoms with Crippen molar-refractivity contribution in [3.63, 3.8) is 0 Å². The Labute approximate surface area is 123 Å². The molecular formula is C12H13BrF3NO2S. The Morgan fingerprint density at radius 1 is 1.25 bits per heavy atom. The molecule has 3 nitrogen and oxygen atoms in total. The van der Waals surface area contributed by atoms with Crippen molar-refractivity contribution in [3.05, 3.63) is 29.6 Å². The highest BCUT2D eigenvalue weighted by Gasteiger charge is 2.36. The van der Waals surface area contributed by atoms with Crippen LogP contribution in [-0.4, -0.2) is 30.6 Å². The molecule has 2 atom stereocenters. The van der Waals surface area contributed by atoms with Crippen LogP contribution in [0.2, 0.25) is 0 Å². The zero-order valence-corrected chi connectivity index (χ0v) is 13.0. The molecule has 0 amide bonds. The molecule has 0 aromatic heterocycles. The van der Waals surface area contributed by atoms with E-state index in [-0.39, 0.29) is 23.8 Å². The maximum Gasteiger partial charge on any atom is 0.248 e. The van der Waals surface area contributed by atoms with Gasteiger partial charge in [-0.05, 0) is 12.3 Å². The average molecular weight is 372 g/mol. The van der Waals surface area contributed by atoms with Gasteiger partial charge >= 0.3 is 0 Å². The smallest absolute Gasteiger partial charge is 0.207 e. The quantitative estimate of drug-likeness (QED) is 0.749. The normalized spacial score (nSPS) is 24.9.